The standard InChI is InChI=1S/C12H21N3O2/c1-9-4-3-5-12(6-9,8-16)13-7-11-14-10(2)17-15-11/h9,13,16H,3-8H2,1-2H3. The highest BCUT2D eigenvalue weighted by molar-refractivity contribution is 4.94. The molecule has 5 nitrogen and oxygen atoms in total. The normalized spacial score (nSPS) is 29.5. The van der Waals surface area contributed by atoms with Crippen LogP contribution < -0.4 is 5.32 Å². The molecule has 2 N–H and O–H groups in total. The molecule has 0 bridgehead atoms. The summed E-state index contributed by atoms with van der Waals surface area (Å²) in [5.74, 6) is 1.90. The average Bonchev–Trinajstić information content (AvgIpc) is 2.73. The zero-order chi connectivity index (χ0) is 12.3. The first-order valence-electron chi connectivity index (χ1n) is 6.29. The predicted molar refractivity (Wildman–Crippen MR) is 63.3 cm³/mol. The lowest BCUT2D eigenvalue weighted by Crippen LogP contribution is -2.51. The molecular formula is C12H21N3O2. The number of aryl methyl sites for hydroxylation is 1. The van der Waals surface area contributed by atoms with Crippen LogP contribution in [0.15, 0.2) is 4.52 Å². The summed E-state index contributed by atoms with van der Waals surface area (Å²) in [4.78, 5) is 4.16. The number of hydrogen-bond acceptors (Lipinski definition) is 5. The van der Waals surface area contributed by atoms with Crippen LogP contribution in [0, 0.1) is 12.8 Å². The van der Waals surface area contributed by atoms with Crippen molar-refractivity contribution < 1.29 is 9.63 Å². The van der Waals surface area contributed by atoms with Crippen molar-refractivity contribution in [1.82, 2.24) is 15.5 Å². The van der Waals surface area contributed by atoms with Crippen LogP contribution in [-0.4, -0.2) is 27.4 Å². The van der Waals surface area contributed by atoms with Gasteiger partial charge in [-0.2, -0.15) is 4.98 Å². The predicted octanol–water partition coefficient (Wildman–Crippen LogP) is 1.41. The molecule has 1 aromatic rings. The Hall–Kier alpha value is -0.940. The van der Waals surface area contributed by atoms with E-state index in [0.717, 1.165) is 12.8 Å². The van der Waals surface area contributed by atoms with E-state index in [2.05, 4.69) is 22.4 Å². The van der Waals surface area contributed by atoms with Crippen LogP contribution in [0.5, 0.6) is 0 Å². The molecule has 1 saturated carbocycles. The molecule has 0 radical (unpaired) electrons. The Morgan fingerprint density at radius 1 is 1.59 bits per heavy atom. The highest BCUT2D eigenvalue weighted by Gasteiger charge is 2.34. The first-order valence-corrected chi connectivity index (χ1v) is 6.29. The molecule has 0 spiro atoms. The number of nitrogens with one attached hydrogen (secondary N) is 1. The van der Waals surface area contributed by atoms with Gasteiger partial charge in [-0.25, -0.2) is 0 Å². The van der Waals surface area contributed by atoms with Gasteiger partial charge in [0.15, 0.2) is 5.82 Å². The van der Waals surface area contributed by atoms with E-state index in [1.54, 1.807) is 6.92 Å². The first kappa shape index (κ1) is 12.5. The van der Waals surface area contributed by atoms with Gasteiger partial charge in [0, 0.05) is 12.5 Å². The van der Waals surface area contributed by atoms with E-state index in [1.807, 2.05) is 0 Å². The third kappa shape index (κ3) is 3.04. The molecule has 96 valence electrons. The average molecular weight is 239 g/mol. The van der Waals surface area contributed by atoms with Gasteiger partial charge in [-0.15, -0.1) is 0 Å². The summed E-state index contributed by atoms with van der Waals surface area (Å²) in [6.45, 7) is 4.75. The van der Waals surface area contributed by atoms with Gasteiger partial charge in [0.2, 0.25) is 5.89 Å². The van der Waals surface area contributed by atoms with Crippen LogP contribution >= 0.6 is 0 Å². The van der Waals surface area contributed by atoms with Gasteiger partial charge in [-0.05, 0) is 18.8 Å². The number of aliphatic hydroxyl groups excluding tert-OH is 1. The summed E-state index contributed by atoms with van der Waals surface area (Å²) in [7, 11) is 0. The quantitative estimate of drug-likeness (QED) is 0.831. The Kier molecular flexibility index (Phi) is 3.79. The smallest absolute Gasteiger partial charge is 0.223 e. The minimum atomic E-state index is -0.161. The van der Waals surface area contributed by atoms with E-state index < -0.39 is 0 Å². The Balaban J connectivity index is 1.94. The van der Waals surface area contributed by atoms with Crippen LogP contribution in [0.3, 0.4) is 0 Å². The molecule has 1 aromatic heterocycles. The van der Waals surface area contributed by atoms with Crippen molar-refractivity contribution in [3.8, 4) is 0 Å². The number of rotatable bonds is 4. The summed E-state index contributed by atoms with van der Waals surface area (Å²) >= 11 is 0. The van der Waals surface area contributed by atoms with Gasteiger partial charge in [-0.3, -0.25) is 0 Å². The van der Waals surface area contributed by atoms with Crippen molar-refractivity contribution in [1.29, 1.82) is 0 Å². The first-order chi connectivity index (χ1) is 8.13. The van der Waals surface area contributed by atoms with E-state index in [1.165, 1.54) is 12.8 Å². The largest absolute Gasteiger partial charge is 0.394 e. The van der Waals surface area contributed by atoms with E-state index in [-0.39, 0.29) is 12.1 Å². The fraction of sp³-hybridized carbons (Fsp3) is 0.833. The number of nitrogens with zero attached hydrogens (tertiary/aromatic N) is 2. The van der Waals surface area contributed by atoms with E-state index in [0.29, 0.717) is 24.2 Å². The number of aliphatic hydroxyl groups is 1. The molecule has 17 heavy (non-hydrogen) atoms. The van der Waals surface area contributed by atoms with Crippen LogP contribution in [0.4, 0.5) is 0 Å². The lowest BCUT2D eigenvalue weighted by atomic mass is 9.77. The summed E-state index contributed by atoms with van der Waals surface area (Å²) in [5.41, 5.74) is -0.161. The van der Waals surface area contributed by atoms with Crippen molar-refractivity contribution in [2.75, 3.05) is 6.61 Å². The third-order valence-electron chi connectivity index (χ3n) is 3.59. The summed E-state index contributed by atoms with van der Waals surface area (Å²) in [5, 5.41) is 16.9. The maximum absolute atomic E-state index is 9.62. The maximum Gasteiger partial charge on any atom is 0.223 e. The van der Waals surface area contributed by atoms with Gasteiger partial charge in [0.1, 0.15) is 0 Å². The van der Waals surface area contributed by atoms with Crippen molar-refractivity contribution >= 4 is 0 Å². The highest BCUT2D eigenvalue weighted by Crippen LogP contribution is 2.32. The molecule has 1 fully saturated rings. The van der Waals surface area contributed by atoms with Crippen LogP contribution in [0.25, 0.3) is 0 Å². The van der Waals surface area contributed by atoms with Gasteiger partial charge >= 0.3 is 0 Å². The lowest BCUT2D eigenvalue weighted by Gasteiger charge is -2.39. The van der Waals surface area contributed by atoms with Crippen LogP contribution in [-0.2, 0) is 6.54 Å². The van der Waals surface area contributed by atoms with Crippen LogP contribution in [0.2, 0.25) is 0 Å². The molecule has 0 aromatic carbocycles. The van der Waals surface area contributed by atoms with Crippen molar-refractivity contribution in [2.45, 2.75) is 51.6 Å². The summed E-state index contributed by atoms with van der Waals surface area (Å²) in [6.07, 6.45) is 4.45. The summed E-state index contributed by atoms with van der Waals surface area (Å²) < 4.78 is 4.93. The molecule has 5 heteroatoms. The zero-order valence-corrected chi connectivity index (χ0v) is 10.6. The molecule has 2 unspecified atom stereocenters. The SMILES string of the molecule is Cc1nc(CNC2(CO)CCCC(C)C2)no1. The van der Waals surface area contributed by atoms with Crippen molar-refractivity contribution in [3.05, 3.63) is 11.7 Å². The summed E-state index contributed by atoms with van der Waals surface area (Å²) in [6, 6.07) is 0. The van der Waals surface area contributed by atoms with Gasteiger partial charge in [0.05, 0.1) is 13.2 Å². The zero-order valence-electron chi connectivity index (χ0n) is 10.6. The van der Waals surface area contributed by atoms with Gasteiger partial charge in [-0.1, -0.05) is 24.9 Å². The molecule has 0 aliphatic heterocycles. The molecule has 0 saturated heterocycles. The third-order valence-corrected chi connectivity index (χ3v) is 3.59. The molecule has 0 amide bonds. The topological polar surface area (TPSA) is 71.2 Å². The van der Waals surface area contributed by atoms with Gasteiger partial charge < -0.3 is 14.9 Å². The fourth-order valence-corrected chi connectivity index (χ4v) is 2.70. The maximum atomic E-state index is 9.62. The molecular weight excluding hydrogens is 218 g/mol. The van der Waals surface area contributed by atoms with E-state index in [4.69, 9.17) is 4.52 Å². The Morgan fingerprint density at radius 2 is 2.41 bits per heavy atom. The fourth-order valence-electron chi connectivity index (χ4n) is 2.70. The minimum absolute atomic E-state index is 0.161. The lowest BCUT2D eigenvalue weighted by molar-refractivity contribution is 0.0973. The molecule has 1 heterocycles. The number of hydrogen-bond donors (Lipinski definition) is 2. The Bertz CT molecular complexity index is 366. The molecule has 1 aliphatic rings. The Labute approximate surface area is 102 Å². The molecule has 2 rings (SSSR count). The number of aromatic nitrogens is 2. The van der Waals surface area contributed by atoms with E-state index >= 15 is 0 Å². The monoisotopic (exact) mass is 239 g/mol. The van der Waals surface area contributed by atoms with Crippen molar-refractivity contribution in [2.24, 2.45) is 5.92 Å². The minimum Gasteiger partial charge on any atom is -0.394 e. The second kappa shape index (κ2) is 5.14. The second-order valence-corrected chi connectivity index (χ2v) is 5.22. The van der Waals surface area contributed by atoms with Crippen LogP contribution in [0.1, 0.15) is 44.3 Å². The highest BCUT2D eigenvalue weighted by atomic mass is 16.5. The van der Waals surface area contributed by atoms with Crippen molar-refractivity contribution in [3.63, 3.8) is 0 Å². The van der Waals surface area contributed by atoms with Gasteiger partial charge in [0.25, 0.3) is 0 Å². The Morgan fingerprint density at radius 3 is 3.00 bits per heavy atom. The van der Waals surface area contributed by atoms with E-state index in [9.17, 15) is 5.11 Å². The molecule has 1 aliphatic carbocycles. The second-order valence-electron chi connectivity index (χ2n) is 5.22. The molecule has 2 atom stereocenters.